The van der Waals surface area contributed by atoms with Crippen LogP contribution in [0.4, 0.5) is 0 Å². The molecular formula is C12H24N2O3. The fraction of sp³-hybridized carbons (Fsp3) is 0.917. The van der Waals surface area contributed by atoms with E-state index in [1.807, 2.05) is 0 Å². The van der Waals surface area contributed by atoms with Gasteiger partial charge < -0.3 is 20.9 Å². The number of rotatable bonds is 5. The Balaban J connectivity index is 2.34. The Bertz CT molecular complexity index is 238. The second-order valence-corrected chi connectivity index (χ2v) is 4.92. The molecule has 1 aliphatic carbocycles. The molecule has 0 aromatic rings. The van der Waals surface area contributed by atoms with E-state index in [1.165, 1.54) is 20.0 Å². The molecule has 0 heterocycles. The molecule has 1 saturated carbocycles. The van der Waals surface area contributed by atoms with Crippen molar-refractivity contribution < 1.29 is 14.6 Å². The molecule has 1 atom stereocenters. The Morgan fingerprint density at radius 1 is 1.41 bits per heavy atom. The first-order valence-corrected chi connectivity index (χ1v) is 6.32. The maximum Gasteiger partial charge on any atom is 0.239 e. The van der Waals surface area contributed by atoms with Crippen molar-refractivity contribution in [3.05, 3.63) is 0 Å². The predicted molar refractivity (Wildman–Crippen MR) is 65.5 cm³/mol. The van der Waals surface area contributed by atoms with Crippen LogP contribution in [0.5, 0.6) is 0 Å². The lowest BCUT2D eigenvalue weighted by molar-refractivity contribution is -0.124. The molecule has 1 unspecified atom stereocenters. The molecular weight excluding hydrogens is 220 g/mol. The molecule has 5 nitrogen and oxygen atoms in total. The van der Waals surface area contributed by atoms with Crippen LogP contribution in [0, 0.1) is 0 Å². The van der Waals surface area contributed by atoms with Gasteiger partial charge in [0.2, 0.25) is 5.91 Å². The van der Waals surface area contributed by atoms with Crippen LogP contribution in [-0.4, -0.2) is 42.9 Å². The summed E-state index contributed by atoms with van der Waals surface area (Å²) in [6.45, 7) is 0.494. The Morgan fingerprint density at radius 2 is 2.00 bits per heavy atom. The van der Waals surface area contributed by atoms with E-state index < -0.39 is 11.6 Å². The SMILES string of the molecule is COCC(N)C(=O)NCC1(O)CCCCCC1. The normalized spacial score (nSPS) is 21.6. The molecule has 0 radical (unpaired) electrons. The molecule has 100 valence electrons. The number of nitrogens with two attached hydrogens (primary N) is 1. The largest absolute Gasteiger partial charge is 0.388 e. The first-order valence-electron chi connectivity index (χ1n) is 6.32. The molecule has 5 heteroatoms. The van der Waals surface area contributed by atoms with Gasteiger partial charge in [0.15, 0.2) is 0 Å². The van der Waals surface area contributed by atoms with E-state index >= 15 is 0 Å². The van der Waals surface area contributed by atoms with Crippen molar-refractivity contribution in [3.8, 4) is 0 Å². The minimum Gasteiger partial charge on any atom is -0.388 e. The number of carbonyl (C=O) groups is 1. The van der Waals surface area contributed by atoms with Crippen molar-refractivity contribution in [3.63, 3.8) is 0 Å². The minimum absolute atomic E-state index is 0.199. The average Bonchev–Trinajstić information content (AvgIpc) is 2.52. The lowest BCUT2D eigenvalue weighted by Crippen LogP contribution is -2.49. The highest BCUT2D eigenvalue weighted by Gasteiger charge is 2.28. The highest BCUT2D eigenvalue weighted by atomic mass is 16.5. The fourth-order valence-corrected chi connectivity index (χ4v) is 2.20. The molecule has 0 bridgehead atoms. The van der Waals surface area contributed by atoms with Gasteiger partial charge in [-0.25, -0.2) is 0 Å². The number of methoxy groups -OCH3 is 1. The number of nitrogens with one attached hydrogen (secondary N) is 1. The Morgan fingerprint density at radius 3 is 2.53 bits per heavy atom. The van der Waals surface area contributed by atoms with Crippen molar-refractivity contribution in [2.45, 2.75) is 50.2 Å². The molecule has 0 aromatic heterocycles. The molecule has 0 aliphatic heterocycles. The van der Waals surface area contributed by atoms with Crippen LogP contribution in [-0.2, 0) is 9.53 Å². The zero-order valence-electron chi connectivity index (χ0n) is 10.6. The van der Waals surface area contributed by atoms with Crippen LogP contribution in [0.25, 0.3) is 0 Å². The van der Waals surface area contributed by atoms with E-state index in [0.29, 0.717) is 6.54 Å². The van der Waals surface area contributed by atoms with Crippen molar-refractivity contribution in [2.75, 3.05) is 20.3 Å². The van der Waals surface area contributed by atoms with Gasteiger partial charge in [0.05, 0.1) is 12.2 Å². The van der Waals surface area contributed by atoms with Gasteiger partial charge in [0.1, 0.15) is 6.04 Å². The van der Waals surface area contributed by atoms with Gasteiger partial charge in [-0.3, -0.25) is 4.79 Å². The smallest absolute Gasteiger partial charge is 0.239 e. The third kappa shape index (κ3) is 5.02. The van der Waals surface area contributed by atoms with Crippen molar-refractivity contribution in [2.24, 2.45) is 5.73 Å². The third-order valence-electron chi connectivity index (χ3n) is 3.31. The summed E-state index contributed by atoms with van der Waals surface area (Å²) in [5.41, 5.74) is 4.85. The van der Waals surface area contributed by atoms with Gasteiger partial charge in [-0.2, -0.15) is 0 Å². The first kappa shape index (κ1) is 14.4. The van der Waals surface area contributed by atoms with E-state index in [-0.39, 0.29) is 12.5 Å². The number of hydrogen-bond donors (Lipinski definition) is 3. The van der Waals surface area contributed by atoms with E-state index in [4.69, 9.17) is 10.5 Å². The summed E-state index contributed by atoms with van der Waals surface area (Å²) in [7, 11) is 1.51. The molecule has 17 heavy (non-hydrogen) atoms. The highest BCUT2D eigenvalue weighted by Crippen LogP contribution is 2.26. The van der Waals surface area contributed by atoms with Crippen LogP contribution < -0.4 is 11.1 Å². The lowest BCUT2D eigenvalue weighted by atomic mass is 9.94. The van der Waals surface area contributed by atoms with Crippen molar-refractivity contribution >= 4 is 5.91 Å². The van der Waals surface area contributed by atoms with E-state index in [1.54, 1.807) is 0 Å². The highest BCUT2D eigenvalue weighted by molar-refractivity contribution is 5.81. The van der Waals surface area contributed by atoms with Gasteiger partial charge in [0.25, 0.3) is 0 Å². The van der Waals surface area contributed by atoms with Crippen LogP contribution in [0.15, 0.2) is 0 Å². The number of ether oxygens (including phenoxy) is 1. The number of hydrogen-bond acceptors (Lipinski definition) is 4. The molecule has 1 aliphatic rings. The van der Waals surface area contributed by atoms with Gasteiger partial charge in [-0.1, -0.05) is 25.7 Å². The zero-order valence-corrected chi connectivity index (χ0v) is 10.6. The van der Waals surface area contributed by atoms with Gasteiger partial charge in [-0.05, 0) is 12.8 Å². The maximum atomic E-state index is 11.6. The summed E-state index contributed by atoms with van der Waals surface area (Å²) in [6.07, 6.45) is 5.89. The summed E-state index contributed by atoms with van der Waals surface area (Å²) in [5, 5.41) is 13.0. The second kappa shape index (κ2) is 6.93. The number of carbonyl (C=O) groups excluding carboxylic acids is 1. The van der Waals surface area contributed by atoms with Gasteiger partial charge in [0, 0.05) is 13.7 Å². The fourth-order valence-electron chi connectivity index (χ4n) is 2.20. The lowest BCUT2D eigenvalue weighted by Gasteiger charge is -2.27. The molecule has 1 fully saturated rings. The van der Waals surface area contributed by atoms with Gasteiger partial charge in [-0.15, -0.1) is 0 Å². The monoisotopic (exact) mass is 244 g/mol. The molecule has 1 amide bonds. The first-order chi connectivity index (χ1) is 8.07. The summed E-state index contributed by atoms with van der Waals surface area (Å²) in [4.78, 5) is 11.6. The second-order valence-electron chi connectivity index (χ2n) is 4.92. The zero-order chi connectivity index (χ0) is 12.7. The molecule has 0 saturated heterocycles. The molecule has 1 rings (SSSR count). The number of aliphatic hydroxyl groups is 1. The molecule has 4 N–H and O–H groups in total. The summed E-state index contributed by atoms with van der Waals surface area (Å²) >= 11 is 0. The van der Waals surface area contributed by atoms with Crippen molar-refractivity contribution in [1.29, 1.82) is 0 Å². The minimum atomic E-state index is -0.751. The summed E-state index contributed by atoms with van der Waals surface area (Å²) < 4.78 is 4.81. The topological polar surface area (TPSA) is 84.6 Å². The number of amides is 1. The van der Waals surface area contributed by atoms with E-state index in [2.05, 4.69) is 5.32 Å². The standard InChI is InChI=1S/C12H24N2O3/c1-17-8-10(13)11(15)14-9-12(16)6-4-2-3-5-7-12/h10,16H,2-9,13H2,1H3,(H,14,15). The quantitative estimate of drug-likeness (QED) is 0.602. The van der Waals surface area contributed by atoms with Gasteiger partial charge >= 0.3 is 0 Å². The Kier molecular flexibility index (Phi) is 5.88. The molecule has 0 spiro atoms. The maximum absolute atomic E-state index is 11.6. The molecule has 0 aromatic carbocycles. The van der Waals surface area contributed by atoms with Crippen LogP contribution in [0.3, 0.4) is 0 Å². The van der Waals surface area contributed by atoms with Crippen LogP contribution >= 0.6 is 0 Å². The van der Waals surface area contributed by atoms with Crippen LogP contribution in [0.2, 0.25) is 0 Å². The predicted octanol–water partition coefficient (Wildman–Crippen LogP) is 0.162. The average molecular weight is 244 g/mol. The summed E-state index contributed by atoms with van der Waals surface area (Å²) in [6, 6.07) is -0.658. The third-order valence-corrected chi connectivity index (χ3v) is 3.31. The Labute approximate surface area is 103 Å². The Hall–Kier alpha value is -0.650. The summed E-state index contributed by atoms with van der Waals surface area (Å²) in [5.74, 6) is -0.260. The van der Waals surface area contributed by atoms with Crippen molar-refractivity contribution in [1.82, 2.24) is 5.32 Å². The van der Waals surface area contributed by atoms with E-state index in [9.17, 15) is 9.90 Å². The van der Waals surface area contributed by atoms with E-state index in [0.717, 1.165) is 25.7 Å². The van der Waals surface area contributed by atoms with Crippen LogP contribution in [0.1, 0.15) is 38.5 Å².